The molecular weight excluding hydrogens is 603 g/mol. The van der Waals surface area contributed by atoms with E-state index in [2.05, 4.69) is 199 Å². The van der Waals surface area contributed by atoms with Crippen LogP contribution in [0.3, 0.4) is 0 Å². The van der Waals surface area contributed by atoms with Gasteiger partial charge in [-0.05, 0) is 117 Å². The third-order valence-corrected chi connectivity index (χ3v) is 10.2. The fourth-order valence-electron chi connectivity index (χ4n) is 7.73. The highest BCUT2D eigenvalue weighted by Gasteiger charge is 2.44. The normalized spacial score (nSPS) is 15.8. The Morgan fingerprint density at radius 3 is 2.00 bits per heavy atom. The van der Waals surface area contributed by atoms with Gasteiger partial charge in [0.2, 0.25) is 0 Å². The van der Waals surface area contributed by atoms with E-state index < -0.39 is 5.41 Å². The molecule has 1 nitrogen and oxygen atoms in total. The Kier molecular flexibility index (Phi) is 7.49. The van der Waals surface area contributed by atoms with Crippen LogP contribution in [0.5, 0.6) is 0 Å². The average molecular weight is 638 g/mol. The monoisotopic (exact) mass is 637 g/mol. The second-order valence-electron chi connectivity index (χ2n) is 13.1. The van der Waals surface area contributed by atoms with Gasteiger partial charge in [0.15, 0.2) is 0 Å². The first-order valence-corrected chi connectivity index (χ1v) is 17.4. The van der Waals surface area contributed by atoms with Crippen LogP contribution in [0.1, 0.15) is 40.7 Å². The molecule has 0 spiro atoms. The first-order valence-electron chi connectivity index (χ1n) is 17.4. The summed E-state index contributed by atoms with van der Waals surface area (Å²) in [6.07, 6.45) is 8.82. The molecule has 2 aliphatic rings. The number of allylic oxidation sites excluding steroid dienone is 4. The van der Waals surface area contributed by atoms with Gasteiger partial charge in [0.25, 0.3) is 0 Å². The number of hydrogen-bond donors (Lipinski definition) is 0. The van der Waals surface area contributed by atoms with Crippen molar-refractivity contribution in [2.24, 2.45) is 0 Å². The van der Waals surface area contributed by atoms with Crippen molar-refractivity contribution in [3.05, 3.63) is 216 Å². The number of hydrogen-bond acceptors (Lipinski definition) is 1. The summed E-state index contributed by atoms with van der Waals surface area (Å²) in [6, 6.07) is 61.4. The fraction of sp³-hybridized carbons (Fsp3) is 0.0612. The Hall–Kier alpha value is -6.36. The van der Waals surface area contributed by atoms with Gasteiger partial charge in [-0.3, -0.25) is 0 Å². The smallest absolute Gasteiger partial charge is 0.108 e. The maximum absolute atomic E-state index is 3.91. The van der Waals surface area contributed by atoms with E-state index in [1.807, 2.05) is 6.07 Å². The maximum atomic E-state index is 3.91. The summed E-state index contributed by atoms with van der Waals surface area (Å²) in [7, 11) is 0. The van der Waals surface area contributed by atoms with E-state index in [1.165, 1.54) is 49.7 Å². The molecule has 0 fully saturated rings. The van der Waals surface area contributed by atoms with Crippen molar-refractivity contribution < 1.29 is 0 Å². The van der Waals surface area contributed by atoms with Gasteiger partial charge in [-0.1, -0.05) is 145 Å². The van der Waals surface area contributed by atoms with Crippen LogP contribution in [-0.2, 0) is 5.41 Å². The van der Waals surface area contributed by atoms with Gasteiger partial charge in [-0.2, -0.15) is 0 Å². The molecule has 7 aromatic rings. The number of fused-ring (bicyclic) bond motifs is 4. The molecule has 0 aromatic heterocycles. The maximum Gasteiger partial charge on any atom is 0.108 e. The van der Waals surface area contributed by atoms with Crippen LogP contribution in [0.15, 0.2) is 188 Å². The number of rotatable bonds is 5. The van der Waals surface area contributed by atoms with Crippen LogP contribution in [0.25, 0.3) is 27.5 Å². The second-order valence-corrected chi connectivity index (χ2v) is 13.1. The molecule has 1 heteroatoms. The minimum absolute atomic E-state index is 0.686. The lowest BCUT2D eigenvalue weighted by atomic mass is 9.72. The molecule has 0 heterocycles. The number of para-hydroxylation sites is 1. The molecule has 0 saturated heterocycles. The van der Waals surface area contributed by atoms with Gasteiger partial charge >= 0.3 is 0 Å². The van der Waals surface area contributed by atoms with Crippen LogP contribution in [0.4, 0.5) is 17.1 Å². The zero-order valence-electron chi connectivity index (χ0n) is 27.8. The highest BCUT2D eigenvalue weighted by Crippen LogP contribution is 2.54. The van der Waals surface area contributed by atoms with Crippen molar-refractivity contribution in [2.45, 2.75) is 18.3 Å². The van der Waals surface area contributed by atoms with E-state index in [9.17, 15) is 0 Å². The number of benzene rings is 7. The Labute approximate surface area is 294 Å². The SMILES string of the molecule is C(#CC1(c2ccc3ccccc3c2)c2ccccc2-c2ccc(N(c3ccccc3)c3ccc(C4=CC=CCC4)cc3)cc21)c1ccccc1. The van der Waals surface area contributed by atoms with E-state index in [4.69, 9.17) is 0 Å². The minimum atomic E-state index is -0.686. The van der Waals surface area contributed by atoms with Gasteiger partial charge in [-0.15, -0.1) is 0 Å². The fourth-order valence-corrected chi connectivity index (χ4v) is 7.73. The molecule has 9 rings (SSSR count). The second kappa shape index (κ2) is 12.6. The van der Waals surface area contributed by atoms with Gasteiger partial charge in [0, 0.05) is 22.6 Å². The summed E-state index contributed by atoms with van der Waals surface area (Å²) in [5.41, 5.74) is 12.4. The Balaban J connectivity index is 1.27. The number of nitrogens with zero attached hydrogens (tertiary/aromatic N) is 1. The lowest BCUT2D eigenvalue weighted by Crippen LogP contribution is -2.25. The van der Waals surface area contributed by atoms with Gasteiger partial charge in [0.1, 0.15) is 5.41 Å². The molecule has 0 amide bonds. The molecule has 0 saturated carbocycles. The van der Waals surface area contributed by atoms with Gasteiger partial charge in [0.05, 0.1) is 0 Å². The molecule has 2 aliphatic carbocycles. The summed E-state index contributed by atoms with van der Waals surface area (Å²) in [5.74, 6) is 7.55. The van der Waals surface area contributed by atoms with Crippen molar-refractivity contribution in [3.8, 4) is 23.0 Å². The Bertz CT molecular complexity index is 2480. The predicted molar refractivity (Wildman–Crippen MR) is 210 cm³/mol. The zero-order valence-corrected chi connectivity index (χ0v) is 27.8. The van der Waals surface area contributed by atoms with E-state index >= 15 is 0 Å². The van der Waals surface area contributed by atoms with Crippen molar-refractivity contribution in [1.82, 2.24) is 0 Å². The molecule has 0 N–H and O–H groups in total. The van der Waals surface area contributed by atoms with E-state index in [0.29, 0.717) is 0 Å². The van der Waals surface area contributed by atoms with Crippen LogP contribution in [0, 0.1) is 11.8 Å². The molecule has 7 aromatic carbocycles. The lowest BCUT2D eigenvalue weighted by molar-refractivity contribution is 0.838. The average Bonchev–Trinajstić information content (AvgIpc) is 3.48. The third kappa shape index (κ3) is 5.14. The van der Waals surface area contributed by atoms with E-state index in [0.717, 1.165) is 35.5 Å². The van der Waals surface area contributed by atoms with Crippen LogP contribution >= 0.6 is 0 Å². The summed E-state index contributed by atoms with van der Waals surface area (Å²) in [6.45, 7) is 0. The summed E-state index contributed by atoms with van der Waals surface area (Å²) < 4.78 is 0. The molecule has 236 valence electrons. The summed E-state index contributed by atoms with van der Waals surface area (Å²) in [4.78, 5) is 2.37. The Morgan fingerprint density at radius 1 is 0.520 bits per heavy atom. The topological polar surface area (TPSA) is 3.24 Å². The first-order chi connectivity index (χ1) is 24.8. The molecular formula is C49H35N. The van der Waals surface area contributed by atoms with Crippen molar-refractivity contribution in [1.29, 1.82) is 0 Å². The first kappa shape index (κ1) is 29.8. The lowest BCUT2D eigenvalue weighted by Gasteiger charge is -2.30. The predicted octanol–water partition coefficient (Wildman–Crippen LogP) is 12.4. The summed E-state index contributed by atoms with van der Waals surface area (Å²) >= 11 is 0. The number of anilines is 3. The largest absolute Gasteiger partial charge is 0.310 e. The molecule has 1 unspecified atom stereocenters. The standard InChI is InChI=1S/C49H35N/c1-4-14-36(15-5-1)32-33-49(41-27-24-38-18-10-11-19-40(38)34-41)47-23-13-12-22-45(47)46-31-30-44(35-48(46)49)50(42-20-8-3-9-21-42)43-28-25-39(26-29-43)37-16-6-2-7-17-37/h1-6,8-16,18-31,34-35H,7,17H2. The van der Waals surface area contributed by atoms with Crippen molar-refractivity contribution in [3.63, 3.8) is 0 Å². The van der Waals surface area contributed by atoms with Crippen molar-refractivity contribution >= 4 is 33.4 Å². The van der Waals surface area contributed by atoms with E-state index in [1.54, 1.807) is 0 Å². The summed E-state index contributed by atoms with van der Waals surface area (Å²) in [5, 5.41) is 2.43. The van der Waals surface area contributed by atoms with E-state index in [-0.39, 0.29) is 0 Å². The van der Waals surface area contributed by atoms with Gasteiger partial charge in [-0.25, -0.2) is 0 Å². The Morgan fingerprint density at radius 2 is 1.20 bits per heavy atom. The van der Waals surface area contributed by atoms with Crippen LogP contribution in [-0.4, -0.2) is 0 Å². The quantitative estimate of drug-likeness (QED) is 0.170. The highest BCUT2D eigenvalue weighted by molar-refractivity contribution is 5.91. The van der Waals surface area contributed by atoms with Crippen LogP contribution in [0.2, 0.25) is 0 Å². The van der Waals surface area contributed by atoms with Crippen molar-refractivity contribution in [2.75, 3.05) is 4.90 Å². The molecule has 1 atom stereocenters. The molecule has 50 heavy (non-hydrogen) atoms. The minimum Gasteiger partial charge on any atom is -0.310 e. The third-order valence-electron chi connectivity index (χ3n) is 10.2. The zero-order chi connectivity index (χ0) is 33.3. The molecule has 0 bridgehead atoms. The molecule has 0 aliphatic heterocycles. The highest BCUT2D eigenvalue weighted by atomic mass is 15.1. The van der Waals surface area contributed by atoms with Gasteiger partial charge < -0.3 is 4.90 Å². The van der Waals surface area contributed by atoms with Crippen LogP contribution < -0.4 is 4.90 Å². The molecule has 0 radical (unpaired) electrons.